The molecular weight excluding hydrogens is 342 g/mol. The Hall–Kier alpha value is -2.24. The molecule has 0 saturated heterocycles. The van der Waals surface area contributed by atoms with Crippen LogP contribution in [0.2, 0.25) is 0 Å². The molecule has 0 aliphatic rings. The predicted octanol–water partition coefficient (Wildman–Crippen LogP) is 2.50. The number of benzene rings is 2. The van der Waals surface area contributed by atoms with E-state index in [-0.39, 0.29) is 12.0 Å². The van der Waals surface area contributed by atoms with Crippen LogP contribution in [0.5, 0.6) is 17.2 Å². The second kappa shape index (κ2) is 9.62. The summed E-state index contributed by atoms with van der Waals surface area (Å²) in [6.45, 7) is 8.00. The van der Waals surface area contributed by atoms with Crippen molar-refractivity contribution in [3.63, 3.8) is 0 Å². The van der Waals surface area contributed by atoms with Crippen LogP contribution >= 0.6 is 0 Å². The van der Waals surface area contributed by atoms with Gasteiger partial charge in [-0.15, -0.1) is 0 Å². The molecule has 0 bridgehead atoms. The van der Waals surface area contributed by atoms with E-state index in [1.54, 1.807) is 14.2 Å². The Labute approximate surface area is 162 Å². The Morgan fingerprint density at radius 3 is 2.37 bits per heavy atom. The first-order chi connectivity index (χ1) is 12.8. The van der Waals surface area contributed by atoms with Gasteiger partial charge in [0.15, 0.2) is 0 Å². The average molecular weight is 375 g/mol. The molecule has 5 heteroatoms. The predicted molar refractivity (Wildman–Crippen MR) is 107 cm³/mol. The van der Waals surface area contributed by atoms with Crippen molar-refractivity contribution in [1.29, 1.82) is 0 Å². The van der Waals surface area contributed by atoms with Gasteiger partial charge in [0.2, 0.25) is 0 Å². The van der Waals surface area contributed by atoms with E-state index in [1.807, 2.05) is 36.4 Å². The number of quaternary nitrogens is 1. The summed E-state index contributed by atoms with van der Waals surface area (Å²) in [5.74, 6) is 2.44. The minimum Gasteiger partial charge on any atom is -0.497 e. The molecule has 27 heavy (non-hydrogen) atoms. The topological polar surface area (TPSA) is 64.5 Å². The van der Waals surface area contributed by atoms with Gasteiger partial charge >= 0.3 is 0 Å². The smallest absolute Gasteiger partial charge is 0.137 e. The minimum atomic E-state index is -0.550. The number of aliphatic hydroxyl groups is 1. The van der Waals surface area contributed by atoms with Crippen molar-refractivity contribution in [2.75, 3.05) is 27.4 Å². The molecule has 0 fully saturated rings. The molecule has 0 heterocycles. The van der Waals surface area contributed by atoms with Gasteiger partial charge < -0.3 is 24.6 Å². The van der Waals surface area contributed by atoms with Crippen LogP contribution in [-0.2, 0) is 12.0 Å². The number of ether oxygens (including phenoxy) is 3. The quantitative estimate of drug-likeness (QED) is 0.708. The summed E-state index contributed by atoms with van der Waals surface area (Å²) in [5, 5.41) is 12.3. The van der Waals surface area contributed by atoms with Crippen molar-refractivity contribution in [3.8, 4) is 17.2 Å². The Morgan fingerprint density at radius 1 is 1.00 bits per heavy atom. The van der Waals surface area contributed by atoms with Crippen LogP contribution in [0, 0.1) is 0 Å². The first kappa shape index (κ1) is 21.1. The molecule has 0 radical (unpaired) electrons. The summed E-state index contributed by atoms with van der Waals surface area (Å²) >= 11 is 0. The van der Waals surface area contributed by atoms with Gasteiger partial charge in [-0.3, -0.25) is 0 Å². The average Bonchev–Trinajstić information content (AvgIpc) is 2.65. The number of nitrogens with two attached hydrogens (primary N) is 1. The van der Waals surface area contributed by atoms with Crippen molar-refractivity contribution in [2.45, 2.75) is 38.8 Å². The van der Waals surface area contributed by atoms with Gasteiger partial charge in [-0.2, -0.15) is 0 Å². The Morgan fingerprint density at radius 2 is 1.70 bits per heavy atom. The maximum atomic E-state index is 10.3. The fourth-order valence-electron chi connectivity index (χ4n) is 2.84. The van der Waals surface area contributed by atoms with E-state index in [4.69, 9.17) is 14.2 Å². The summed E-state index contributed by atoms with van der Waals surface area (Å²) in [4.78, 5) is 0. The van der Waals surface area contributed by atoms with Crippen LogP contribution in [0.25, 0.3) is 0 Å². The molecule has 0 aliphatic carbocycles. The van der Waals surface area contributed by atoms with Crippen LogP contribution in [0.3, 0.4) is 0 Å². The fourth-order valence-corrected chi connectivity index (χ4v) is 2.84. The van der Waals surface area contributed by atoms with Crippen molar-refractivity contribution in [2.24, 2.45) is 0 Å². The normalized spacial score (nSPS) is 12.5. The lowest BCUT2D eigenvalue weighted by Gasteiger charge is -2.24. The molecule has 1 atom stereocenters. The molecule has 5 nitrogen and oxygen atoms in total. The van der Waals surface area contributed by atoms with Crippen molar-refractivity contribution in [1.82, 2.24) is 0 Å². The maximum absolute atomic E-state index is 10.3. The van der Waals surface area contributed by atoms with E-state index in [2.05, 4.69) is 32.2 Å². The molecule has 2 rings (SSSR count). The van der Waals surface area contributed by atoms with E-state index in [0.717, 1.165) is 34.9 Å². The molecule has 2 aromatic rings. The number of rotatable bonds is 9. The van der Waals surface area contributed by atoms with E-state index < -0.39 is 6.10 Å². The largest absolute Gasteiger partial charge is 0.497 e. The van der Waals surface area contributed by atoms with E-state index in [1.165, 1.54) is 0 Å². The molecule has 2 aromatic carbocycles. The number of aliphatic hydroxyl groups excluding tert-OH is 1. The molecule has 3 N–H and O–H groups in total. The monoisotopic (exact) mass is 374 g/mol. The van der Waals surface area contributed by atoms with Crippen LogP contribution in [0.4, 0.5) is 0 Å². The molecule has 0 saturated carbocycles. The molecule has 0 unspecified atom stereocenters. The molecular formula is C22H32NO4+. The SMILES string of the molecule is COc1cccc(C[NH2+]C[C@@H](O)COc2ccc(OC)cc2C(C)(C)C)c1. The summed E-state index contributed by atoms with van der Waals surface area (Å²) in [7, 11) is 3.32. The molecule has 0 aliphatic heterocycles. The number of hydrogen-bond donors (Lipinski definition) is 2. The zero-order valence-electron chi connectivity index (χ0n) is 17.0. The van der Waals surface area contributed by atoms with E-state index in [0.29, 0.717) is 6.54 Å². The summed E-state index contributed by atoms with van der Waals surface area (Å²) in [6.07, 6.45) is -0.550. The zero-order chi connectivity index (χ0) is 19.9. The maximum Gasteiger partial charge on any atom is 0.137 e. The lowest BCUT2D eigenvalue weighted by Crippen LogP contribution is -2.85. The van der Waals surface area contributed by atoms with Crippen LogP contribution < -0.4 is 19.5 Å². The van der Waals surface area contributed by atoms with Gasteiger partial charge in [-0.1, -0.05) is 32.9 Å². The van der Waals surface area contributed by atoms with Gasteiger partial charge in [0.05, 0.1) is 14.2 Å². The molecule has 0 amide bonds. The van der Waals surface area contributed by atoms with Crippen LogP contribution in [0.15, 0.2) is 42.5 Å². The van der Waals surface area contributed by atoms with Crippen molar-refractivity contribution in [3.05, 3.63) is 53.6 Å². The summed E-state index contributed by atoms with van der Waals surface area (Å²) < 4.78 is 16.5. The molecule has 148 valence electrons. The molecule has 0 spiro atoms. The standard InChI is InChI=1S/C22H31NO4/c1-22(2,3)20-12-19(26-5)9-10-21(20)27-15-17(24)14-23-13-16-7-6-8-18(11-16)25-4/h6-12,17,23-24H,13-15H2,1-5H3/p+1/t17-/m1/s1. The highest BCUT2D eigenvalue weighted by Crippen LogP contribution is 2.34. The molecule has 0 aromatic heterocycles. The first-order valence-electron chi connectivity index (χ1n) is 9.27. The third-order valence-corrected chi connectivity index (χ3v) is 4.38. The summed E-state index contributed by atoms with van der Waals surface area (Å²) in [5.41, 5.74) is 2.15. The highest BCUT2D eigenvalue weighted by molar-refractivity contribution is 5.44. The third-order valence-electron chi connectivity index (χ3n) is 4.38. The Kier molecular flexibility index (Phi) is 7.51. The zero-order valence-corrected chi connectivity index (χ0v) is 17.0. The fraction of sp³-hybridized carbons (Fsp3) is 0.455. The Bertz CT molecular complexity index is 724. The number of hydrogen-bond acceptors (Lipinski definition) is 4. The van der Waals surface area contributed by atoms with Gasteiger partial charge in [0.1, 0.15) is 43.0 Å². The van der Waals surface area contributed by atoms with Crippen LogP contribution in [-0.4, -0.2) is 38.6 Å². The third kappa shape index (κ3) is 6.45. The lowest BCUT2D eigenvalue weighted by atomic mass is 9.86. The van der Waals surface area contributed by atoms with Gasteiger partial charge in [0, 0.05) is 11.1 Å². The second-order valence-electron chi connectivity index (χ2n) is 7.66. The number of methoxy groups -OCH3 is 2. The highest BCUT2D eigenvalue weighted by Gasteiger charge is 2.21. The van der Waals surface area contributed by atoms with E-state index >= 15 is 0 Å². The Balaban J connectivity index is 1.87. The van der Waals surface area contributed by atoms with E-state index in [9.17, 15) is 5.11 Å². The van der Waals surface area contributed by atoms with Gasteiger partial charge in [-0.05, 0) is 35.7 Å². The van der Waals surface area contributed by atoms with Gasteiger partial charge in [-0.25, -0.2) is 0 Å². The van der Waals surface area contributed by atoms with Crippen molar-refractivity contribution < 1.29 is 24.6 Å². The summed E-state index contributed by atoms with van der Waals surface area (Å²) in [6, 6.07) is 13.7. The van der Waals surface area contributed by atoms with Crippen molar-refractivity contribution >= 4 is 0 Å². The highest BCUT2D eigenvalue weighted by atomic mass is 16.5. The van der Waals surface area contributed by atoms with Gasteiger partial charge in [0.25, 0.3) is 0 Å². The second-order valence-corrected chi connectivity index (χ2v) is 7.66. The van der Waals surface area contributed by atoms with Crippen LogP contribution in [0.1, 0.15) is 31.9 Å². The minimum absolute atomic E-state index is 0.0761. The lowest BCUT2D eigenvalue weighted by molar-refractivity contribution is -0.676. The first-order valence-corrected chi connectivity index (χ1v) is 9.27.